The Morgan fingerprint density at radius 2 is 1.83 bits per heavy atom. The number of anilines is 1. The molecular weight excluding hydrogens is 446 g/mol. The van der Waals surface area contributed by atoms with E-state index in [0.717, 1.165) is 24.4 Å². The second-order valence-corrected chi connectivity index (χ2v) is 8.95. The zero-order valence-electron chi connectivity index (χ0n) is 20.3. The zero-order chi connectivity index (χ0) is 24.8. The van der Waals surface area contributed by atoms with Gasteiger partial charge in [0.15, 0.2) is 0 Å². The van der Waals surface area contributed by atoms with E-state index in [0.29, 0.717) is 42.4 Å². The van der Waals surface area contributed by atoms with E-state index < -0.39 is 0 Å². The van der Waals surface area contributed by atoms with Gasteiger partial charge < -0.3 is 19.9 Å². The van der Waals surface area contributed by atoms with Gasteiger partial charge in [-0.25, -0.2) is 0 Å². The highest BCUT2D eigenvalue weighted by atomic mass is 16.5. The number of aromatic nitrogens is 2. The van der Waals surface area contributed by atoms with Crippen LogP contribution in [0.25, 0.3) is 11.4 Å². The monoisotopic (exact) mass is 477 g/mol. The van der Waals surface area contributed by atoms with Crippen LogP contribution < -0.4 is 15.4 Å². The molecule has 1 fully saturated rings. The first-order chi connectivity index (χ1) is 16.9. The fraction of sp³-hybridized carbons (Fsp3) is 0.385. The van der Waals surface area contributed by atoms with E-state index in [4.69, 9.17) is 9.26 Å². The predicted molar refractivity (Wildman–Crippen MR) is 132 cm³/mol. The molecule has 0 radical (unpaired) electrons. The standard InChI is InChI=1S/C26H31N5O4/c1-17(2)27-26(33)21-6-4-5-7-22(21)28-25(32)19-12-14-31(15-13-19)16-23-29-24(30-35-23)18-8-10-20(34-3)11-9-18/h4-11,17,19H,12-16H2,1-3H3,(H,27,33)(H,28,32). The van der Waals surface area contributed by atoms with Crippen LogP contribution in [0.3, 0.4) is 0 Å². The van der Waals surface area contributed by atoms with E-state index in [1.165, 1.54) is 0 Å². The van der Waals surface area contributed by atoms with Crippen molar-refractivity contribution < 1.29 is 18.8 Å². The number of piperidine rings is 1. The van der Waals surface area contributed by atoms with Gasteiger partial charge in [-0.3, -0.25) is 14.5 Å². The number of para-hydroxylation sites is 1. The van der Waals surface area contributed by atoms with Gasteiger partial charge in [-0.1, -0.05) is 17.3 Å². The number of amides is 2. The normalized spacial score (nSPS) is 14.6. The third-order valence-electron chi connectivity index (χ3n) is 5.98. The number of ether oxygens (including phenoxy) is 1. The highest BCUT2D eigenvalue weighted by Crippen LogP contribution is 2.24. The summed E-state index contributed by atoms with van der Waals surface area (Å²) in [6.07, 6.45) is 1.43. The molecule has 1 aliphatic heterocycles. The number of hydrogen-bond acceptors (Lipinski definition) is 7. The molecule has 2 N–H and O–H groups in total. The summed E-state index contributed by atoms with van der Waals surface area (Å²) in [6.45, 7) is 5.83. The molecule has 0 aliphatic carbocycles. The number of rotatable bonds is 8. The van der Waals surface area contributed by atoms with Crippen molar-refractivity contribution in [3.63, 3.8) is 0 Å². The summed E-state index contributed by atoms with van der Waals surface area (Å²) in [7, 11) is 1.62. The van der Waals surface area contributed by atoms with E-state index in [1.54, 1.807) is 25.3 Å². The quantitative estimate of drug-likeness (QED) is 0.509. The lowest BCUT2D eigenvalue weighted by Gasteiger charge is -2.30. The topological polar surface area (TPSA) is 110 Å². The third kappa shape index (κ3) is 6.24. The van der Waals surface area contributed by atoms with Gasteiger partial charge >= 0.3 is 0 Å². The van der Waals surface area contributed by atoms with Gasteiger partial charge in [-0.2, -0.15) is 4.98 Å². The molecule has 2 aromatic carbocycles. The molecule has 9 heteroatoms. The van der Waals surface area contributed by atoms with Crippen LogP contribution >= 0.6 is 0 Å². The molecule has 0 bridgehead atoms. The van der Waals surface area contributed by atoms with Crippen LogP contribution in [0.2, 0.25) is 0 Å². The second-order valence-electron chi connectivity index (χ2n) is 8.95. The summed E-state index contributed by atoms with van der Waals surface area (Å²) in [6, 6.07) is 14.6. The van der Waals surface area contributed by atoms with Gasteiger partial charge in [0.25, 0.3) is 5.91 Å². The van der Waals surface area contributed by atoms with E-state index in [9.17, 15) is 9.59 Å². The number of methoxy groups -OCH3 is 1. The largest absolute Gasteiger partial charge is 0.497 e. The van der Waals surface area contributed by atoms with Crippen LogP contribution in [0.1, 0.15) is 42.9 Å². The van der Waals surface area contributed by atoms with Gasteiger partial charge in [0.1, 0.15) is 5.75 Å². The molecule has 0 saturated carbocycles. The Hall–Kier alpha value is -3.72. The number of nitrogens with one attached hydrogen (secondary N) is 2. The number of likely N-dealkylation sites (tertiary alicyclic amines) is 1. The molecule has 2 amide bonds. The molecule has 2 heterocycles. The molecule has 9 nitrogen and oxygen atoms in total. The Morgan fingerprint density at radius 3 is 2.51 bits per heavy atom. The maximum atomic E-state index is 12.9. The summed E-state index contributed by atoms with van der Waals surface area (Å²) >= 11 is 0. The Bertz CT molecular complexity index is 1150. The molecule has 35 heavy (non-hydrogen) atoms. The Balaban J connectivity index is 1.30. The van der Waals surface area contributed by atoms with E-state index >= 15 is 0 Å². The van der Waals surface area contributed by atoms with Crippen LogP contribution in [-0.2, 0) is 11.3 Å². The van der Waals surface area contributed by atoms with Crippen LogP contribution in [0.4, 0.5) is 5.69 Å². The van der Waals surface area contributed by atoms with Gasteiger partial charge in [0.05, 0.1) is 24.9 Å². The molecule has 1 aromatic heterocycles. The number of nitrogens with zero attached hydrogens (tertiary/aromatic N) is 3. The minimum Gasteiger partial charge on any atom is -0.497 e. The van der Waals surface area contributed by atoms with Crippen molar-refractivity contribution in [2.45, 2.75) is 39.3 Å². The Kier molecular flexibility index (Phi) is 7.77. The molecule has 3 aromatic rings. The first-order valence-electron chi connectivity index (χ1n) is 11.8. The van der Waals surface area contributed by atoms with Crippen molar-refractivity contribution in [1.29, 1.82) is 0 Å². The molecule has 1 aliphatic rings. The summed E-state index contributed by atoms with van der Waals surface area (Å²) < 4.78 is 10.6. The molecule has 0 spiro atoms. The first-order valence-corrected chi connectivity index (χ1v) is 11.8. The van der Waals surface area contributed by atoms with Crippen molar-refractivity contribution in [2.75, 3.05) is 25.5 Å². The molecule has 1 saturated heterocycles. The minimum atomic E-state index is -0.195. The SMILES string of the molecule is COc1ccc(-c2noc(CN3CCC(C(=O)Nc4ccccc4C(=O)NC(C)C)CC3)n2)cc1. The van der Waals surface area contributed by atoms with Crippen molar-refractivity contribution in [2.24, 2.45) is 5.92 Å². The summed E-state index contributed by atoms with van der Waals surface area (Å²) in [4.78, 5) is 32.1. The predicted octanol–water partition coefficient (Wildman–Crippen LogP) is 3.73. The zero-order valence-corrected chi connectivity index (χ0v) is 20.3. The molecule has 184 valence electrons. The Morgan fingerprint density at radius 1 is 1.11 bits per heavy atom. The number of carbonyl (C=O) groups excluding carboxylic acids is 2. The summed E-state index contributed by atoms with van der Waals surface area (Å²) in [5.74, 6) is 1.48. The van der Waals surface area contributed by atoms with Crippen LogP contribution in [0.5, 0.6) is 5.75 Å². The van der Waals surface area contributed by atoms with Gasteiger partial charge in [0.2, 0.25) is 17.6 Å². The number of benzene rings is 2. The second kappa shape index (κ2) is 11.1. The van der Waals surface area contributed by atoms with E-state index in [-0.39, 0.29) is 23.8 Å². The van der Waals surface area contributed by atoms with Crippen LogP contribution in [0.15, 0.2) is 53.1 Å². The van der Waals surface area contributed by atoms with Gasteiger partial charge in [-0.05, 0) is 76.2 Å². The fourth-order valence-electron chi connectivity index (χ4n) is 4.09. The Labute approximate surface area is 204 Å². The van der Waals surface area contributed by atoms with Crippen LogP contribution in [-0.4, -0.2) is 53.1 Å². The average Bonchev–Trinajstić information content (AvgIpc) is 3.33. The van der Waals surface area contributed by atoms with Crippen LogP contribution in [0, 0.1) is 5.92 Å². The number of carbonyl (C=O) groups is 2. The first kappa shape index (κ1) is 24.4. The van der Waals surface area contributed by atoms with E-state index in [1.807, 2.05) is 44.2 Å². The number of hydrogen-bond donors (Lipinski definition) is 2. The smallest absolute Gasteiger partial charge is 0.253 e. The molecule has 0 unspecified atom stereocenters. The van der Waals surface area contributed by atoms with Crippen molar-refractivity contribution in [1.82, 2.24) is 20.4 Å². The molecule has 0 atom stereocenters. The van der Waals surface area contributed by atoms with Crippen molar-refractivity contribution in [3.05, 3.63) is 60.0 Å². The van der Waals surface area contributed by atoms with Gasteiger partial charge in [-0.15, -0.1) is 0 Å². The maximum absolute atomic E-state index is 12.9. The third-order valence-corrected chi connectivity index (χ3v) is 5.98. The fourth-order valence-corrected chi connectivity index (χ4v) is 4.09. The van der Waals surface area contributed by atoms with Crippen molar-refractivity contribution in [3.8, 4) is 17.1 Å². The average molecular weight is 478 g/mol. The highest BCUT2D eigenvalue weighted by Gasteiger charge is 2.27. The molecule has 4 rings (SSSR count). The lowest BCUT2D eigenvalue weighted by Crippen LogP contribution is -2.38. The lowest BCUT2D eigenvalue weighted by molar-refractivity contribution is -0.121. The lowest BCUT2D eigenvalue weighted by atomic mass is 9.95. The molecular formula is C26H31N5O4. The van der Waals surface area contributed by atoms with Gasteiger partial charge in [0, 0.05) is 17.5 Å². The maximum Gasteiger partial charge on any atom is 0.253 e. The summed E-state index contributed by atoms with van der Waals surface area (Å²) in [5, 5.41) is 9.92. The highest BCUT2D eigenvalue weighted by molar-refractivity contribution is 6.04. The van der Waals surface area contributed by atoms with E-state index in [2.05, 4.69) is 25.7 Å². The van der Waals surface area contributed by atoms with Crippen molar-refractivity contribution >= 4 is 17.5 Å². The summed E-state index contributed by atoms with van der Waals surface area (Å²) in [5.41, 5.74) is 1.87. The minimum absolute atomic E-state index is 0.0155.